The van der Waals surface area contributed by atoms with Crippen molar-refractivity contribution in [3.63, 3.8) is 0 Å². The molecule has 3 heterocycles. The Labute approximate surface area is 187 Å². The molecule has 5 rings (SSSR count). The summed E-state index contributed by atoms with van der Waals surface area (Å²) in [4.78, 5) is 19.7. The fourth-order valence-corrected chi connectivity index (χ4v) is 4.67. The van der Waals surface area contributed by atoms with Gasteiger partial charge in [0, 0.05) is 19.2 Å². The first-order chi connectivity index (χ1) is 15.7. The number of carbonyl (C=O) groups excluding carboxylic acids is 1. The number of nitrogens with zero attached hydrogens (tertiary/aromatic N) is 3. The highest BCUT2D eigenvalue weighted by molar-refractivity contribution is 5.76. The van der Waals surface area contributed by atoms with Crippen LogP contribution in [0.15, 0.2) is 42.6 Å². The Balaban J connectivity index is 1.24. The van der Waals surface area contributed by atoms with Crippen molar-refractivity contribution in [2.45, 2.75) is 38.2 Å². The van der Waals surface area contributed by atoms with Gasteiger partial charge in [-0.2, -0.15) is 5.10 Å². The summed E-state index contributed by atoms with van der Waals surface area (Å²) >= 11 is 0. The summed E-state index contributed by atoms with van der Waals surface area (Å²) in [6.45, 7) is 1.63. The number of nitrogens with one attached hydrogen (secondary N) is 1. The summed E-state index contributed by atoms with van der Waals surface area (Å²) < 4.78 is 11.6. The molecule has 0 unspecified atom stereocenters. The minimum Gasteiger partial charge on any atom is -0.496 e. The lowest BCUT2D eigenvalue weighted by atomic mass is 10.0. The van der Waals surface area contributed by atoms with Crippen molar-refractivity contribution < 1.29 is 14.3 Å². The van der Waals surface area contributed by atoms with Crippen LogP contribution in [-0.4, -0.2) is 52.8 Å². The fourth-order valence-electron chi connectivity index (χ4n) is 4.67. The zero-order valence-corrected chi connectivity index (χ0v) is 18.3. The van der Waals surface area contributed by atoms with E-state index in [0.717, 1.165) is 41.2 Å². The molecule has 7 nitrogen and oxygen atoms in total. The Morgan fingerprint density at radius 2 is 2.12 bits per heavy atom. The molecule has 1 saturated heterocycles. The monoisotopic (exact) mass is 432 g/mol. The van der Waals surface area contributed by atoms with Crippen LogP contribution in [0.25, 0.3) is 11.4 Å². The Kier molecular flexibility index (Phi) is 5.90. The number of hydrogen-bond donors (Lipinski definition) is 1. The van der Waals surface area contributed by atoms with E-state index in [1.165, 1.54) is 17.5 Å². The predicted molar refractivity (Wildman–Crippen MR) is 120 cm³/mol. The van der Waals surface area contributed by atoms with E-state index in [1.54, 1.807) is 13.3 Å². The highest BCUT2D eigenvalue weighted by Gasteiger charge is 2.27. The Morgan fingerprint density at radius 3 is 2.94 bits per heavy atom. The van der Waals surface area contributed by atoms with Gasteiger partial charge in [0.05, 0.1) is 37.3 Å². The Hall–Kier alpha value is -3.19. The van der Waals surface area contributed by atoms with Crippen molar-refractivity contribution in [2.75, 3.05) is 26.8 Å². The molecule has 0 saturated carbocycles. The number of amides is 1. The van der Waals surface area contributed by atoms with E-state index in [4.69, 9.17) is 14.5 Å². The van der Waals surface area contributed by atoms with Crippen molar-refractivity contribution in [3.8, 4) is 17.1 Å². The van der Waals surface area contributed by atoms with E-state index in [-0.39, 0.29) is 12.0 Å². The smallest absolute Gasteiger partial charge is 0.223 e. The third-order valence-corrected chi connectivity index (χ3v) is 6.40. The first-order valence-corrected chi connectivity index (χ1v) is 11.3. The number of fused-ring (bicyclic) bond motifs is 1. The van der Waals surface area contributed by atoms with Gasteiger partial charge in [-0.1, -0.05) is 12.1 Å². The molecule has 166 valence electrons. The molecular formula is C25H28N4O3. The number of benzene rings is 1. The third-order valence-electron chi connectivity index (χ3n) is 6.40. The lowest BCUT2D eigenvalue weighted by molar-refractivity contribution is -0.139. The van der Waals surface area contributed by atoms with E-state index in [1.807, 2.05) is 29.2 Å². The topological polar surface area (TPSA) is 80.3 Å². The fraction of sp³-hybridized carbons (Fsp3) is 0.400. The van der Waals surface area contributed by atoms with E-state index >= 15 is 0 Å². The number of ether oxygens (including phenoxy) is 2. The van der Waals surface area contributed by atoms with Crippen molar-refractivity contribution >= 4 is 5.91 Å². The number of aromatic amines is 1. The summed E-state index contributed by atoms with van der Waals surface area (Å²) in [5.41, 5.74) is 6.42. The lowest BCUT2D eigenvalue weighted by Crippen LogP contribution is -2.42. The van der Waals surface area contributed by atoms with Crippen LogP contribution in [0.4, 0.5) is 0 Å². The summed E-state index contributed by atoms with van der Waals surface area (Å²) in [6, 6.07) is 12.1. The molecule has 0 bridgehead atoms. The van der Waals surface area contributed by atoms with Crippen molar-refractivity contribution in [1.82, 2.24) is 20.1 Å². The summed E-state index contributed by atoms with van der Waals surface area (Å²) in [5, 5.41) is 6.93. The van der Waals surface area contributed by atoms with Gasteiger partial charge in [0.15, 0.2) is 0 Å². The summed E-state index contributed by atoms with van der Waals surface area (Å²) in [7, 11) is 1.71. The number of aryl methyl sites for hydroxylation is 3. The molecule has 2 aliphatic rings. The number of rotatable bonds is 6. The SMILES string of the molecule is COc1cc2c(cc1CCC(=O)N1CCO[C@@H](c3cccc(-c4ccn[nH]4)n3)C1)CCC2. The van der Waals surface area contributed by atoms with Gasteiger partial charge in [-0.15, -0.1) is 0 Å². The van der Waals surface area contributed by atoms with Crippen LogP contribution in [0.1, 0.15) is 41.3 Å². The molecule has 1 N–H and O–H groups in total. The van der Waals surface area contributed by atoms with Crippen LogP contribution in [0, 0.1) is 0 Å². The minimum absolute atomic E-state index is 0.144. The Morgan fingerprint density at radius 1 is 1.25 bits per heavy atom. The second-order valence-corrected chi connectivity index (χ2v) is 8.40. The first-order valence-electron chi connectivity index (χ1n) is 11.3. The van der Waals surface area contributed by atoms with Gasteiger partial charge >= 0.3 is 0 Å². The second-order valence-electron chi connectivity index (χ2n) is 8.40. The standard InChI is InChI=1S/C25H28N4O3/c1-31-23-15-18-5-2-4-17(18)14-19(23)8-9-25(30)29-12-13-32-24(16-29)22-7-3-6-20(27-22)21-10-11-26-28-21/h3,6-7,10-11,14-15,24H,2,4-5,8-9,12-13,16H2,1H3,(H,26,28)/t24-/m1/s1. The van der Waals surface area contributed by atoms with E-state index in [0.29, 0.717) is 32.5 Å². The molecule has 3 aromatic rings. The largest absolute Gasteiger partial charge is 0.496 e. The predicted octanol–water partition coefficient (Wildman–Crippen LogP) is 3.50. The highest BCUT2D eigenvalue weighted by Crippen LogP contribution is 2.31. The number of aromatic nitrogens is 3. The van der Waals surface area contributed by atoms with Crippen LogP contribution in [0.2, 0.25) is 0 Å². The minimum atomic E-state index is -0.231. The van der Waals surface area contributed by atoms with E-state index < -0.39 is 0 Å². The quantitative estimate of drug-likeness (QED) is 0.645. The van der Waals surface area contributed by atoms with Gasteiger partial charge in [0.1, 0.15) is 11.9 Å². The molecule has 0 spiro atoms. The molecular weight excluding hydrogens is 404 g/mol. The molecule has 1 aromatic carbocycles. The first kappa shape index (κ1) is 20.7. The number of pyridine rings is 1. The van der Waals surface area contributed by atoms with Crippen LogP contribution in [-0.2, 0) is 28.8 Å². The van der Waals surface area contributed by atoms with Gasteiger partial charge < -0.3 is 14.4 Å². The van der Waals surface area contributed by atoms with Crippen molar-refractivity contribution in [3.05, 3.63) is 65.0 Å². The molecule has 1 atom stereocenters. The molecule has 2 aromatic heterocycles. The molecule has 1 amide bonds. The third kappa shape index (κ3) is 4.25. The summed E-state index contributed by atoms with van der Waals surface area (Å²) in [6.07, 6.45) is 6.06. The maximum absolute atomic E-state index is 13.0. The number of H-pyrrole nitrogens is 1. The maximum atomic E-state index is 13.0. The molecule has 1 aliphatic carbocycles. The van der Waals surface area contributed by atoms with Crippen molar-refractivity contribution in [2.24, 2.45) is 0 Å². The molecule has 1 fully saturated rings. The maximum Gasteiger partial charge on any atom is 0.223 e. The second kappa shape index (κ2) is 9.12. The highest BCUT2D eigenvalue weighted by atomic mass is 16.5. The average molecular weight is 433 g/mol. The zero-order valence-electron chi connectivity index (χ0n) is 18.3. The van der Waals surface area contributed by atoms with Gasteiger partial charge in [0.25, 0.3) is 0 Å². The summed E-state index contributed by atoms with van der Waals surface area (Å²) in [5.74, 6) is 1.05. The van der Waals surface area contributed by atoms with Gasteiger partial charge in [-0.3, -0.25) is 9.89 Å². The van der Waals surface area contributed by atoms with Crippen LogP contribution in [0.3, 0.4) is 0 Å². The van der Waals surface area contributed by atoms with Crippen molar-refractivity contribution in [1.29, 1.82) is 0 Å². The van der Waals surface area contributed by atoms with Crippen LogP contribution >= 0.6 is 0 Å². The number of morpholine rings is 1. The number of hydrogen-bond acceptors (Lipinski definition) is 5. The van der Waals surface area contributed by atoms with Crippen LogP contribution < -0.4 is 4.74 Å². The average Bonchev–Trinajstić information content (AvgIpc) is 3.54. The van der Waals surface area contributed by atoms with Crippen LogP contribution in [0.5, 0.6) is 5.75 Å². The Bertz CT molecular complexity index is 1100. The van der Waals surface area contributed by atoms with Gasteiger partial charge in [0.2, 0.25) is 5.91 Å². The molecule has 7 heteroatoms. The molecule has 32 heavy (non-hydrogen) atoms. The molecule has 0 radical (unpaired) electrons. The van der Waals surface area contributed by atoms with E-state index in [9.17, 15) is 4.79 Å². The normalized spacial score (nSPS) is 17.9. The lowest BCUT2D eigenvalue weighted by Gasteiger charge is -2.33. The van der Waals surface area contributed by atoms with Gasteiger partial charge in [-0.05, 0) is 66.6 Å². The molecule has 1 aliphatic heterocycles. The van der Waals surface area contributed by atoms with E-state index in [2.05, 4.69) is 22.3 Å². The number of methoxy groups -OCH3 is 1. The zero-order chi connectivity index (χ0) is 21.9. The van der Waals surface area contributed by atoms with Gasteiger partial charge in [-0.25, -0.2) is 4.98 Å². The number of carbonyl (C=O) groups is 1.